The fourth-order valence-electron chi connectivity index (χ4n) is 3.38. The Labute approximate surface area is 141 Å². The van der Waals surface area contributed by atoms with Crippen LogP contribution < -0.4 is 4.72 Å². The third-order valence-electron chi connectivity index (χ3n) is 4.41. The molecule has 2 aromatic carbocycles. The highest BCUT2D eigenvalue weighted by atomic mass is 32.3. The van der Waals surface area contributed by atoms with Crippen LogP contribution in [0.15, 0.2) is 77.6 Å². The second-order valence-electron chi connectivity index (χ2n) is 6.28. The van der Waals surface area contributed by atoms with Gasteiger partial charge in [0.1, 0.15) is 0 Å². The molecule has 1 heterocycles. The van der Waals surface area contributed by atoms with E-state index in [9.17, 15) is 0 Å². The summed E-state index contributed by atoms with van der Waals surface area (Å²) in [6, 6.07) is 21.6. The first kappa shape index (κ1) is 16.1. The molecule has 0 aliphatic carbocycles. The summed E-state index contributed by atoms with van der Waals surface area (Å²) in [6.07, 6.45) is 2.29. The van der Waals surface area contributed by atoms with E-state index in [2.05, 4.69) is 103 Å². The first-order valence-corrected chi connectivity index (χ1v) is 9.99. The normalized spacial score (nSPS) is 24.3. The third-order valence-corrected chi connectivity index (χ3v) is 8.00. The minimum Gasteiger partial charge on any atom is -0.277 e. The maximum atomic E-state index is 3.68. The van der Waals surface area contributed by atoms with Crippen LogP contribution in [-0.2, 0) is 0 Å². The van der Waals surface area contributed by atoms with E-state index in [1.807, 2.05) is 0 Å². The Hall–Kier alpha value is -1.77. The van der Waals surface area contributed by atoms with Crippen LogP contribution in [-0.4, -0.2) is 7.05 Å². The maximum Gasteiger partial charge on any atom is 0.0349 e. The van der Waals surface area contributed by atoms with Gasteiger partial charge < -0.3 is 0 Å². The number of allylic oxidation sites excluding steroid dienone is 2. The fourth-order valence-corrected chi connectivity index (χ4v) is 6.80. The van der Waals surface area contributed by atoms with Crippen LogP contribution in [0.25, 0.3) is 5.57 Å². The SMILES string of the molecule is CNS1(C(c2ccccc2)C(C)C)C=CC(c2ccccc2)=C1. The van der Waals surface area contributed by atoms with E-state index < -0.39 is 10.2 Å². The highest BCUT2D eigenvalue weighted by Gasteiger charge is 2.34. The van der Waals surface area contributed by atoms with E-state index in [4.69, 9.17) is 0 Å². The minimum atomic E-state index is -1.18. The van der Waals surface area contributed by atoms with Crippen molar-refractivity contribution in [2.45, 2.75) is 19.1 Å². The zero-order valence-corrected chi connectivity index (χ0v) is 14.9. The molecule has 2 heteroatoms. The standard InChI is InChI=1S/C21H25NS/c1-17(2)21(19-12-8-5-9-13-19)23(22-3)15-14-20(16-23)18-10-6-4-7-11-18/h4-17,21-22H,1-3H3. The zero-order valence-electron chi connectivity index (χ0n) is 14.1. The van der Waals surface area contributed by atoms with Gasteiger partial charge in [-0.3, -0.25) is 4.72 Å². The molecule has 0 amide bonds. The second-order valence-corrected chi connectivity index (χ2v) is 9.23. The number of benzene rings is 2. The summed E-state index contributed by atoms with van der Waals surface area (Å²) in [5.41, 5.74) is 4.04. The van der Waals surface area contributed by atoms with Crippen LogP contribution in [0.5, 0.6) is 0 Å². The third kappa shape index (κ3) is 3.15. The van der Waals surface area contributed by atoms with Crippen molar-refractivity contribution in [2.24, 2.45) is 5.92 Å². The molecule has 23 heavy (non-hydrogen) atoms. The van der Waals surface area contributed by atoms with Crippen molar-refractivity contribution in [1.82, 2.24) is 4.72 Å². The van der Waals surface area contributed by atoms with Crippen molar-refractivity contribution in [1.29, 1.82) is 0 Å². The molecule has 0 saturated heterocycles. The molecular formula is C21H25NS. The monoisotopic (exact) mass is 323 g/mol. The molecule has 120 valence electrons. The lowest BCUT2D eigenvalue weighted by atomic mass is 10.0. The highest BCUT2D eigenvalue weighted by Crippen LogP contribution is 2.65. The van der Waals surface area contributed by atoms with Gasteiger partial charge in [0.15, 0.2) is 0 Å². The van der Waals surface area contributed by atoms with E-state index in [1.54, 1.807) is 0 Å². The van der Waals surface area contributed by atoms with Gasteiger partial charge in [-0.1, -0.05) is 74.5 Å². The lowest BCUT2D eigenvalue weighted by Gasteiger charge is -2.42. The summed E-state index contributed by atoms with van der Waals surface area (Å²) in [4.78, 5) is 0. The summed E-state index contributed by atoms with van der Waals surface area (Å²) in [5.74, 6) is 0.566. The van der Waals surface area contributed by atoms with Crippen molar-refractivity contribution in [3.05, 3.63) is 88.7 Å². The van der Waals surface area contributed by atoms with E-state index in [-0.39, 0.29) is 0 Å². The molecule has 3 rings (SSSR count). The Morgan fingerprint density at radius 3 is 2.04 bits per heavy atom. The first-order chi connectivity index (χ1) is 11.2. The van der Waals surface area contributed by atoms with E-state index in [0.29, 0.717) is 11.2 Å². The number of nitrogens with one attached hydrogen (secondary N) is 1. The van der Waals surface area contributed by atoms with Crippen LogP contribution in [0.4, 0.5) is 0 Å². The molecule has 1 nitrogen and oxygen atoms in total. The molecule has 2 unspecified atom stereocenters. The van der Waals surface area contributed by atoms with Crippen molar-refractivity contribution < 1.29 is 0 Å². The Balaban J connectivity index is 2.04. The van der Waals surface area contributed by atoms with Crippen molar-refractivity contribution in [3.8, 4) is 0 Å². The molecule has 0 aromatic heterocycles. The van der Waals surface area contributed by atoms with Gasteiger partial charge in [-0.15, -0.1) is 10.2 Å². The Morgan fingerprint density at radius 1 is 0.870 bits per heavy atom. The van der Waals surface area contributed by atoms with Crippen molar-refractivity contribution >= 4 is 15.8 Å². The van der Waals surface area contributed by atoms with E-state index in [1.165, 1.54) is 16.7 Å². The summed E-state index contributed by atoms with van der Waals surface area (Å²) < 4.78 is 3.68. The first-order valence-electron chi connectivity index (χ1n) is 8.17. The molecule has 0 saturated carbocycles. The molecule has 2 atom stereocenters. The van der Waals surface area contributed by atoms with Crippen molar-refractivity contribution in [3.63, 3.8) is 0 Å². The molecule has 0 bridgehead atoms. The van der Waals surface area contributed by atoms with Gasteiger partial charge in [-0.05, 0) is 46.6 Å². The molecular weight excluding hydrogens is 298 g/mol. The molecule has 1 aliphatic heterocycles. The average molecular weight is 324 g/mol. The number of rotatable bonds is 5. The van der Waals surface area contributed by atoms with Gasteiger partial charge in [-0.2, -0.15) is 0 Å². The Kier molecular flexibility index (Phi) is 4.74. The van der Waals surface area contributed by atoms with Gasteiger partial charge in [0.2, 0.25) is 0 Å². The molecule has 0 radical (unpaired) electrons. The topological polar surface area (TPSA) is 12.0 Å². The summed E-state index contributed by atoms with van der Waals surface area (Å²) in [5, 5.41) is 5.36. The predicted octanol–water partition coefficient (Wildman–Crippen LogP) is 5.89. The number of hydrogen-bond donors (Lipinski definition) is 1. The van der Waals surface area contributed by atoms with Gasteiger partial charge in [0, 0.05) is 5.25 Å². The van der Waals surface area contributed by atoms with Crippen LogP contribution >= 0.6 is 10.2 Å². The van der Waals surface area contributed by atoms with E-state index in [0.717, 1.165) is 0 Å². The minimum absolute atomic E-state index is 0.478. The Bertz CT molecular complexity index is 703. The fraction of sp³-hybridized carbons (Fsp3) is 0.238. The van der Waals surface area contributed by atoms with Crippen LogP contribution in [0, 0.1) is 5.92 Å². The van der Waals surface area contributed by atoms with E-state index >= 15 is 0 Å². The number of hydrogen-bond acceptors (Lipinski definition) is 1. The molecule has 1 N–H and O–H groups in total. The quantitative estimate of drug-likeness (QED) is 0.723. The van der Waals surface area contributed by atoms with Crippen LogP contribution in [0.1, 0.15) is 30.2 Å². The van der Waals surface area contributed by atoms with Gasteiger partial charge in [-0.25, -0.2) is 0 Å². The predicted molar refractivity (Wildman–Crippen MR) is 104 cm³/mol. The Morgan fingerprint density at radius 2 is 1.48 bits per heavy atom. The zero-order chi connectivity index (χ0) is 16.3. The van der Waals surface area contributed by atoms with Gasteiger partial charge in [0.05, 0.1) is 0 Å². The van der Waals surface area contributed by atoms with Crippen LogP contribution in [0.3, 0.4) is 0 Å². The highest BCUT2D eigenvalue weighted by molar-refractivity contribution is 8.37. The largest absolute Gasteiger partial charge is 0.277 e. The van der Waals surface area contributed by atoms with Gasteiger partial charge >= 0.3 is 0 Å². The molecule has 0 fully saturated rings. The molecule has 2 aromatic rings. The summed E-state index contributed by atoms with van der Waals surface area (Å²) in [6.45, 7) is 4.65. The van der Waals surface area contributed by atoms with Gasteiger partial charge in [0.25, 0.3) is 0 Å². The second kappa shape index (κ2) is 6.77. The maximum absolute atomic E-state index is 3.68. The lowest BCUT2D eigenvalue weighted by Crippen LogP contribution is -2.22. The smallest absolute Gasteiger partial charge is 0.0349 e. The average Bonchev–Trinajstić information content (AvgIpc) is 3.02. The van der Waals surface area contributed by atoms with Crippen molar-refractivity contribution in [2.75, 3.05) is 7.05 Å². The lowest BCUT2D eigenvalue weighted by molar-refractivity contribution is 0.625. The summed E-state index contributed by atoms with van der Waals surface area (Å²) in [7, 11) is 0.917. The summed E-state index contributed by atoms with van der Waals surface area (Å²) >= 11 is 0. The van der Waals surface area contributed by atoms with Crippen LogP contribution in [0.2, 0.25) is 0 Å². The molecule has 1 aliphatic rings. The molecule has 0 spiro atoms.